The van der Waals surface area contributed by atoms with Crippen molar-refractivity contribution < 1.29 is 14.6 Å². The smallest absolute Gasteiger partial charge is 0.125 e. The van der Waals surface area contributed by atoms with Gasteiger partial charge in [0.25, 0.3) is 0 Å². The Hall–Kier alpha value is -1.26. The van der Waals surface area contributed by atoms with E-state index in [2.05, 4.69) is 13.8 Å². The summed E-state index contributed by atoms with van der Waals surface area (Å²) in [6.45, 7) is 7.24. The van der Waals surface area contributed by atoms with Crippen molar-refractivity contribution in [1.29, 1.82) is 0 Å². The van der Waals surface area contributed by atoms with E-state index >= 15 is 0 Å². The van der Waals surface area contributed by atoms with E-state index in [4.69, 9.17) is 15.2 Å². The topological polar surface area (TPSA) is 64.7 Å². The molecule has 0 heterocycles. The standard InChI is InChI=1S/C20H35NO3/c1-5-20(21,15-22)12-11-17-9-10-18(14-19(17)23-4)24-13-7-6-8-16(2)3/h9-10,14,16,22H,5-8,11-13,15,21H2,1-4H3/t20-/m0/s1. The van der Waals surface area contributed by atoms with Crippen molar-refractivity contribution in [1.82, 2.24) is 0 Å². The number of aliphatic hydroxyl groups excluding tert-OH is 1. The summed E-state index contributed by atoms with van der Waals surface area (Å²) in [6.07, 6.45) is 5.78. The van der Waals surface area contributed by atoms with Gasteiger partial charge < -0.3 is 20.3 Å². The number of ether oxygens (including phenoxy) is 2. The second-order valence-corrected chi connectivity index (χ2v) is 7.09. The lowest BCUT2D eigenvalue weighted by Gasteiger charge is -2.25. The Balaban J connectivity index is 2.55. The molecule has 1 aromatic rings. The summed E-state index contributed by atoms with van der Waals surface area (Å²) in [7, 11) is 1.67. The molecule has 0 spiro atoms. The molecule has 0 aliphatic rings. The number of methoxy groups -OCH3 is 1. The summed E-state index contributed by atoms with van der Waals surface area (Å²) >= 11 is 0. The van der Waals surface area contributed by atoms with Crippen LogP contribution in [0.2, 0.25) is 0 Å². The number of hydrogen-bond acceptors (Lipinski definition) is 4. The third-order valence-corrected chi connectivity index (χ3v) is 4.61. The van der Waals surface area contributed by atoms with Gasteiger partial charge in [-0.1, -0.05) is 33.3 Å². The summed E-state index contributed by atoms with van der Waals surface area (Å²) in [5, 5.41) is 9.43. The average molecular weight is 338 g/mol. The van der Waals surface area contributed by atoms with Crippen LogP contribution < -0.4 is 15.2 Å². The fourth-order valence-electron chi connectivity index (χ4n) is 2.62. The molecule has 0 bridgehead atoms. The van der Waals surface area contributed by atoms with Crippen LogP contribution in [-0.4, -0.2) is 31.0 Å². The molecule has 3 N–H and O–H groups in total. The van der Waals surface area contributed by atoms with Crippen LogP contribution in [-0.2, 0) is 6.42 Å². The van der Waals surface area contributed by atoms with Gasteiger partial charge in [-0.25, -0.2) is 0 Å². The number of nitrogens with two attached hydrogens (primary N) is 1. The molecule has 0 amide bonds. The van der Waals surface area contributed by atoms with Crippen molar-refractivity contribution in [2.45, 2.75) is 64.8 Å². The number of aryl methyl sites for hydroxylation is 1. The minimum Gasteiger partial charge on any atom is -0.496 e. The van der Waals surface area contributed by atoms with E-state index in [1.54, 1.807) is 7.11 Å². The quantitative estimate of drug-likeness (QED) is 0.567. The largest absolute Gasteiger partial charge is 0.496 e. The Morgan fingerprint density at radius 2 is 2.00 bits per heavy atom. The minimum absolute atomic E-state index is 0.00336. The van der Waals surface area contributed by atoms with Crippen LogP contribution in [0.3, 0.4) is 0 Å². The van der Waals surface area contributed by atoms with Gasteiger partial charge in [-0.05, 0) is 49.7 Å². The van der Waals surface area contributed by atoms with E-state index in [1.165, 1.54) is 12.8 Å². The Bertz CT molecular complexity index is 470. The first kappa shape index (κ1) is 20.8. The van der Waals surface area contributed by atoms with Crippen LogP contribution in [0.4, 0.5) is 0 Å². The summed E-state index contributed by atoms with van der Waals surface area (Å²) in [6, 6.07) is 5.97. The summed E-state index contributed by atoms with van der Waals surface area (Å²) in [5.41, 5.74) is 6.75. The lowest BCUT2D eigenvalue weighted by molar-refractivity contribution is 0.182. The molecule has 1 rings (SSSR count). The maximum absolute atomic E-state index is 9.43. The summed E-state index contributed by atoms with van der Waals surface area (Å²) in [4.78, 5) is 0. The molecule has 0 aromatic heterocycles. The number of rotatable bonds is 12. The fourth-order valence-corrected chi connectivity index (χ4v) is 2.62. The normalized spacial score (nSPS) is 13.8. The first-order chi connectivity index (χ1) is 11.4. The number of unbranched alkanes of at least 4 members (excludes halogenated alkanes) is 1. The molecule has 138 valence electrons. The molecule has 0 aliphatic carbocycles. The van der Waals surface area contributed by atoms with Crippen LogP contribution in [0, 0.1) is 5.92 Å². The molecule has 0 fully saturated rings. The van der Waals surface area contributed by atoms with Crippen molar-refractivity contribution in [2.24, 2.45) is 11.7 Å². The van der Waals surface area contributed by atoms with Gasteiger partial charge in [0.05, 0.1) is 20.3 Å². The molecule has 4 nitrogen and oxygen atoms in total. The monoisotopic (exact) mass is 337 g/mol. The molecule has 4 heteroatoms. The second-order valence-electron chi connectivity index (χ2n) is 7.09. The highest BCUT2D eigenvalue weighted by Gasteiger charge is 2.22. The van der Waals surface area contributed by atoms with Crippen molar-refractivity contribution in [3.8, 4) is 11.5 Å². The zero-order chi connectivity index (χ0) is 18.0. The maximum Gasteiger partial charge on any atom is 0.125 e. The van der Waals surface area contributed by atoms with Crippen molar-refractivity contribution in [2.75, 3.05) is 20.3 Å². The van der Waals surface area contributed by atoms with Gasteiger partial charge in [-0.2, -0.15) is 0 Å². The van der Waals surface area contributed by atoms with Crippen LogP contribution in [0.15, 0.2) is 18.2 Å². The molecule has 1 aromatic carbocycles. The van der Waals surface area contributed by atoms with Crippen LogP contribution in [0.1, 0.15) is 58.4 Å². The molecule has 24 heavy (non-hydrogen) atoms. The van der Waals surface area contributed by atoms with Crippen LogP contribution >= 0.6 is 0 Å². The first-order valence-corrected chi connectivity index (χ1v) is 9.13. The Labute approximate surface area is 147 Å². The van der Waals surface area contributed by atoms with E-state index in [-0.39, 0.29) is 6.61 Å². The highest BCUT2D eigenvalue weighted by molar-refractivity contribution is 5.41. The Morgan fingerprint density at radius 3 is 2.58 bits per heavy atom. The fraction of sp³-hybridized carbons (Fsp3) is 0.700. The molecule has 0 saturated heterocycles. The molecular weight excluding hydrogens is 302 g/mol. The number of aliphatic hydroxyl groups is 1. The van der Waals surface area contributed by atoms with Gasteiger partial charge in [0, 0.05) is 11.6 Å². The van der Waals surface area contributed by atoms with E-state index in [0.717, 1.165) is 55.3 Å². The second kappa shape index (κ2) is 10.6. The predicted molar refractivity (Wildman–Crippen MR) is 99.8 cm³/mol. The van der Waals surface area contributed by atoms with Crippen LogP contribution in [0.5, 0.6) is 11.5 Å². The van der Waals surface area contributed by atoms with Gasteiger partial charge in [0.15, 0.2) is 0 Å². The lowest BCUT2D eigenvalue weighted by Crippen LogP contribution is -2.43. The molecular formula is C20H35NO3. The molecule has 1 atom stereocenters. The van der Waals surface area contributed by atoms with Crippen molar-refractivity contribution >= 4 is 0 Å². The highest BCUT2D eigenvalue weighted by atomic mass is 16.5. The van der Waals surface area contributed by atoms with Gasteiger partial charge in [-0.15, -0.1) is 0 Å². The van der Waals surface area contributed by atoms with Gasteiger partial charge in [-0.3, -0.25) is 0 Å². The number of benzene rings is 1. The average Bonchev–Trinajstić information content (AvgIpc) is 2.59. The Morgan fingerprint density at radius 1 is 1.25 bits per heavy atom. The molecule has 0 aliphatic heterocycles. The molecule has 0 saturated carbocycles. The van der Waals surface area contributed by atoms with E-state index in [0.29, 0.717) is 0 Å². The van der Waals surface area contributed by atoms with Crippen molar-refractivity contribution in [3.63, 3.8) is 0 Å². The maximum atomic E-state index is 9.43. The van der Waals surface area contributed by atoms with Crippen LogP contribution in [0.25, 0.3) is 0 Å². The lowest BCUT2D eigenvalue weighted by atomic mass is 9.90. The van der Waals surface area contributed by atoms with E-state index < -0.39 is 5.54 Å². The third-order valence-electron chi connectivity index (χ3n) is 4.61. The zero-order valence-corrected chi connectivity index (χ0v) is 15.8. The minimum atomic E-state index is -0.517. The Kier molecular flexibility index (Phi) is 9.16. The summed E-state index contributed by atoms with van der Waals surface area (Å²) < 4.78 is 11.3. The summed E-state index contributed by atoms with van der Waals surface area (Å²) in [5.74, 6) is 2.42. The van der Waals surface area contributed by atoms with Gasteiger partial charge in [0.2, 0.25) is 0 Å². The molecule has 0 unspecified atom stereocenters. The predicted octanol–water partition coefficient (Wildman–Crippen LogP) is 3.93. The van der Waals surface area contributed by atoms with Gasteiger partial charge in [0.1, 0.15) is 11.5 Å². The van der Waals surface area contributed by atoms with E-state index in [9.17, 15) is 5.11 Å². The first-order valence-electron chi connectivity index (χ1n) is 9.13. The van der Waals surface area contributed by atoms with Crippen molar-refractivity contribution in [3.05, 3.63) is 23.8 Å². The van der Waals surface area contributed by atoms with E-state index in [1.807, 2.05) is 25.1 Å². The van der Waals surface area contributed by atoms with Gasteiger partial charge >= 0.3 is 0 Å². The number of hydrogen-bond donors (Lipinski definition) is 2. The third kappa shape index (κ3) is 7.10. The molecule has 0 radical (unpaired) electrons. The highest BCUT2D eigenvalue weighted by Crippen LogP contribution is 2.27. The SMILES string of the molecule is CC[C@@](N)(CO)CCc1ccc(OCCCCC(C)C)cc1OC. The zero-order valence-electron chi connectivity index (χ0n) is 15.8.